The Hall–Kier alpha value is 0.360. The van der Waals surface area contributed by atoms with E-state index in [1.165, 1.54) is 11.8 Å². The Morgan fingerprint density at radius 1 is 1.86 bits per heavy atom. The summed E-state index contributed by atoms with van der Waals surface area (Å²) in [7, 11) is 0. The van der Waals surface area contributed by atoms with Crippen molar-refractivity contribution in [2.45, 2.75) is 0 Å². The van der Waals surface area contributed by atoms with Gasteiger partial charge in [0.25, 0.3) is 0 Å². The Balaban J connectivity index is 2.48. The van der Waals surface area contributed by atoms with Crippen molar-refractivity contribution < 1.29 is 5.06 Å². The summed E-state index contributed by atoms with van der Waals surface area (Å²) in [5, 5.41) is 10.6. The average molecular weight is 135 g/mol. The normalized spacial score (nSPS) is 31.6. The van der Waals surface area contributed by atoms with Gasteiger partial charge in [0.1, 0.15) is 0 Å². The summed E-state index contributed by atoms with van der Waals surface area (Å²) in [6, 6.07) is 0. The van der Waals surface area contributed by atoms with Crippen molar-refractivity contribution in [2.24, 2.45) is 0 Å². The molecule has 0 saturated carbocycles. The van der Waals surface area contributed by atoms with Gasteiger partial charge >= 0.3 is 0 Å². The predicted molar refractivity (Wildman–Crippen MR) is 34.3 cm³/mol. The molecule has 4 heteroatoms. The molecule has 7 heavy (non-hydrogen) atoms. The molecule has 1 aliphatic rings. The average Bonchev–Trinajstić information content (AvgIpc) is 1.91. The summed E-state index contributed by atoms with van der Waals surface area (Å²) >= 11 is 6.14. The Morgan fingerprint density at radius 3 is 2.71 bits per heavy atom. The van der Waals surface area contributed by atoms with Gasteiger partial charge in [-0.15, -0.1) is 0 Å². The van der Waals surface area contributed by atoms with Gasteiger partial charge in [0.2, 0.25) is 4.32 Å². The van der Waals surface area contributed by atoms with Crippen molar-refractivity contribution >= 4 is 28.3 Å². The van der Waals surface area contributed by atoms with Gasteiger partial charge in [-0.3, -0.25) is 0 Å². The number of hydrogen-bond donors (Lipinski definition) is 1. The molecule has 1 heterocycles. The molecule has 0 spiro atoms. The fraction of sp³-hybridized carbons (Fsp3) is 0.667. The monoisotopic (exact) mass is 135 g/mol. The van der Waals surface area contributed by atoms with Gasteiger partial charge in [-0.1, -0.05) is 0 Å². The van der Waals surface area contributed by atoms with E-state index in [2.05, 4.69) is 12.2 Å². The minimum absolute atomic E-state index is 0.153. The van der Waals surface area contributed by atoms with E-state index in [0.29, 0.717) is 10.9 Å². The predicted octanol–water partition coefficient (Wildman–Crippen LogP) is -0.599. The van der Waals surface area contributed by atoms with Gasteiger partial charge < -0.3 is 10.3 Å². The van der Waals surface area contributed by atoms with Gasteiger partial charge in [-0.2, -0.15) is 0 Å². The lowest BCUT2D eigenvalue weighted by Gasteiger charge is -2.10. The first-order valence-corrected chi connectivity index (χ1v) is 3.40. The second-order valence-corrected chi connectivity index (χ2v) is 3.08. The van der Waals surface area contributed by atoms with Crippen LogP contribution in [0, 0.1) is 5.21 Å². The molecule has 1 fully saturated rings. The molecule has 0 aromatic heterocycles. The maximum atomic E-state index is 10.4. The quantitative estimate of drug-likeness (QED) is 0.355. The van der Waals surface area contributed by atoms with E-state index < -0.39 is 0 Å². The number of rotatable bonds is 0. The minimum Gasteiger partial charge on any atom is -0.628 e. The standard InChI is InChI=1S/C3H5NOS2/c5-4-1-2-7-3(4)6/h4H,1-2H2. The molecular weight excluding hydrogens is 130 g/mol. The lowest BCUT2D eigenvalue weighted by atomic mass is 10.8. The Morgan fingerprint density at radius 2 is 2.57 bits per heavy atom. The highest BCUT2D eigenvalue weighted by molar-refractivity contribution is 8.22. The second-order valence-electron chi connectivity index (χ2n) is 1.31. The molecule has 1 rings (SSSR count). The molecule has 40 valence electrons. The summed E-state index contributed by atoms with van der Waals surface area (Å²) in [6.07, 6.45) is 0. The molecule has 0 bridgehead atoms. The molecule has 1 N–H and O–H groups in total. The zero-order valence-corrected chi connectivity index (χ0v) is 5.27. The number of thiocarbonyl (C=S) groups is 1. The third-order valence-corrected chi connectivity index (χ3v) is 2.27. The van der Waals surface area contributed by atoms with E-state index in [-0.39, 0.29) is 5.06 Å². The van der Waals surface area contributed by atoms with Gasteiger partial charge in [-0.05, 0) is 24.0 Å². The van der Waals surface area contributed by atoms with Crippen molar-refractivity contribution in [1.29, 1.82) is 0 Å². The molecule has 0 aliphatic carbocycles. The lowest BCUT2D eigenvalue weighted by Crippen LogP contribution is -3.07. The van der Waals surface area contributed by atoms with Crippen LogP contribution in [0.3, 0.4) is 0 Å². The zero-order chi connectivity index (χ0) is 5.28. The zero-order valence-electron chi connectivity index (χ0n) is 3.64. The second kappa shape index (κ2) is 2.09. The van der Waals surface area contributed by atoms with E-state index in [0.717, 1.165) is 5.75 Å². The van der Waals surface area contributed by atoms with Gasteiger partial charge in [-0.25, -0.2) is 0 Å². The summed E-state index contributed by atoms with van der Waals surface area (Å²) in [5.41, 5.74) is 0. The first kappa shape index (κ1) is 5.50. The van der Waals surface area contributed by atoms with E-state index in [1.807, 2.05) is 0 Å². The van der Waals surface area contributed by atoms with E-state index in [1.54, 1.807) is 0 Å². The molecular formula is C3H5NOS2. The number of hydrogen-bond acceptors (Lipinski definition) is 3. The third-order valence-electron chi connectivity index (χ3n) is 0.790. The summed E-state index contributed by atoms with van der Waals surface area (Å²) < 4.78 is 0.569. The van der Waals surface area contributed by atoms with Crippen molar-refractivity contribution in [3.8, 4) is 0 Å². The highest BCUT2D eigenvalue weighted by Crippen LogP contribution is 2.00. The van der Waals surface area contributed by atoms with Crippen LogP contribution in [0.5, 0.6) is 0 Å². The minimum atomic E-state index is 0.153. The SMILES string of the molecule is [O-][NH+]1CCSC1=S. The van der Waals surface area contributed by atoms with Crippen molar-refractivity contribution in [1.82, 2.24) is 0 Å². The van der Waals surface area contributed by atoms with Crippen LogP contribution in [-0.4, -0.2) is 16.6 Å². The highest BCUT2D eigenvalue weighted by Gasteiger charge is 2.14. The summed E-state index contributed by atoms with van der Waals surface area (Å²) in [4.78, 5) is 0. The van der Waals surface area contributed by atoms with Crippen molar-refractivity contribution in [3.05, 3.63) is 5.21 Å². The molecule has 1 unspecified atom stereocenters. The third kappa shape index (κ3) is 1.13. The highest BCUT2D eigenvalue weighted by atomic mass is 32.2. The fourth-order valence-corrected chi connectivity index (χ4v) is 1.51. The van der Waals surface area contributed by atoms with Gasteiger partial charge in [0.05, 0.1) is 12.3 Å². The molecule has 0 amide bonds. The summed E-state index contributed by atoms with van der Waals surface area (Å²) in [5.74, 6) is 0.900. The largest absolute Gasteiger partial charge is 0.628 e. The Labute approximate surface area is 51.5 Å². The van der Waals surface area contributed by atoms with Crippen LogP contribution < -0.4 is 5.06 Å². The molecule has 0 aromatic rings. The molecule has 1 atom stereocenters. The first-order chi connectivity index (χ1) is 3.30. The molecule has 2 nitrogen and oxygen atoms in total. The fourth-order valence-electron chi connectivity index (χ4n) is 0.419. The maximum Gasteiger partial charge on any atom is 0.232 e. The molecule has 1 aliphatic heterocycles. The van der Waals surface area contributed by atoms with Crippen LogP contribution >= 0.6 is 24.0 Å². The topological polar surface area (TPSA) is 27.5 Å². The van der Waals surface area contributed by atoms with Crippen molar-refractivity contribution in [3.63, 3.8) is 0 Å². The van der Waals surface area contributed by atoms with E-state index in [9.17, 15) is 5.21 Å². The lowest BCUT2D eigenvalue weighted by molar-refractivity contribution is -0.733. The van der Waals surface area contributed by atoms with Crippen LogP contribution in [0.2, 0.25) is 0 Å². The van der Waals surface area contributed by atoms with Crippen LogP contribution in [-0.2, 0) is 0 Å². The van der Waals surface area contributed by atoms with Gasteiger partial charge in [0, 0.05) is 0 Å². The van der Waals surface area contributed by atoms with Gasteiger partial charge in [0.15, 0.2) is 0 Å². The number of nitrogens with one attached hydrogen (secondary N) is 1. The molecule has 0 radical (unpaired) electrons. The Bertz CT molecular complexity index is 94.9. The van der Waals surface area contributed by atoms with Crippen LogP contribution in [0.25, 0.3) is 0 Å². The molecule has 0 aromatic carbocycles. The molecule has 1 saturated heterocycles. The van der Waals surface area contributed by atoms with Crippen LogP contribution in [0.15, 0.2) is 0 Å². The van der Waals surface area contributed by atoms with Crippen molar-refractivity contribution in [2.75, 3.05) is 12.3 Å². The number of hydroxylamine groups is 2. The Kier molecular flexibility index (Phi) is 1.64. The maximum absolute atomic E-state index is 10.4. The van der Waals surface area contributed by atoms with E-state index >= 15 is 0 Å². The first-order valence-electron chi connectivity index (χ1n) is 2.00. The summed E-state index contributed by atoms with van der Waals surface area (Å²) in [6.45, 7) is 0.656. The van der Waals surface area contributed by atoms with E-state index in [4.69, 9.17) is 0 Å². The smallest absolute Gasteiger partial charge is 0.232 e. The number of quaternary nitrogens is 1. The van der Waals surface area contributed by atoms with Crippen LogP contribution in [0.4, 0.5) is 0 Å². The van der Waals surface area contributed by atoms with Crippen LogP contribution in [0.1, 0.15) is 0 Å². The number of thioether (sulfide) groups is 1.